The van der Waals surface area contributed by atoms with Gasteiger partial charge >= 0.3 is 0 Å². The standard InChI is InChI=1S/C21H21N3O4/c1-26-17-9-5-8-15-12-16(13-27-19(15)17)20(25)22-11-10-18-23-21(28-24-18)14-6-3-2-4-7-14/h2-9,16H,10-13H2,1H3,(H,22,25)/t16-/m0/s1. The minimum absolute atomic E-state index is 0.0414. The van der Waals surface area contributed by atoms with Crippen LogP contribution in [0.2, 0.25) is 0 Å². The maximum absolute atomic E-state index is 12.5. The van der Waals surface area contributed by atoms with Gasteiger partial charge in [0, 0.05) is 18.5 Å². The number of fused-ring (bicyclic) bond motifs is 1. The molecule has 144 valence electrons. The molecule has 3 aromatic rings. The van der Waals surface area contributed by atoms with Gasteiger partial charge in [-0.2, -0.15) is 4.98 Å². The highest BCUT2D eigenvalue weighted by molar-refractivity contribution is 5.79. The number of hydrogen-bond acceptors (Lipinski definition) is 6. The van der Waals surface area contributed by atoms with Crippen molar-refractivity contribution in [3.8, 4) is 23.0 Å². The lowest BCUT2D eigenvalue weighted by atomic mass is 9.95. The summed E-state index contributed by atoms with van der Waals surface area (Å²) in [7, 11) is 1.61. The van der Waals surface area contributed by atoms with Gasteiger partial charge in [-0.25, -0.2) is 0 Å². The van der Waals surface area contributed by atoms with E-state index in [4.69, 9.17) is 14.0 Å². The highest BCUT2D eigenvalue weighted by atomic mass is 16.5. The topological polar surface area (TPSA) is 86.5 Å². The normalized spacial score (nSPS) is 15.4. The van der Waals surface area contributed by atoms with Gasteiger partial charge in [0.2, 0.25) is 5.91 Å². The molecule has 0 saturated heterocycles. The summed E-state index contributed by atoms with van der Waals surface area (Å²) in [6.45, 7) is 0.771. The van der Waals surface area contributed by atoms with E-state index < -0.39 is 0 Å². The summed E-state index contributed by atoms with van der Waals surface area (Å²) in [5.74, 6) is 2.20. The highest BCUT2D eigenvalue weighted by Crippen LogP contribution is 2.36. The third-order valence-electron chi connectivity index (χ3n) is 4.68. The Kier molecular flexibility index (Phi) is 5.23. The molecule has 1 amide bonds. The number of nitrogens with one attached hydrogen (secondary N) is 1. The predicted molar refractivity (Wildman–Crippen MR) is 102 cm³/mol. The van der Waals surface area contributed by atoms with Crippen molar-refractivity contribution in [2.75, 3.05) is 20.3 Å². The van der Waals surface area contributed by atoms with Crippen LogP contribution in [0.15, 0.2) is 53.1 Å². The average Bonchev–Trinajstić information content (AvgIpc) is 3.22. The molecule has 7 nitrogen and oxygen atoms in total. The number of benzene rings is 2. The number of nitrogens with zero attached hydrogens (tertiary/aromatic N) is 2. The third-order valence-corrected chi connectivity index (χ3v) is 4.68. The Morgan fingerprint density at radius 3 is 2.89 bits per heavy atom. The maximum atomic E-state index is 12.5. The SMILES string of the molecule is COc1cccc2c1OC[C@@H](C(=O)NCCc1noc(-c3ccccc3)n1)C2. The van der Waals surface area contributed by atoms with Crippen LogP contribution in [0.1, 0.15) is 11.4 Å². The molecule has 0 bridgehead atoms. The molecular formula is C21H21N3O4. The molecular weight excluding hydrogens is 358 g/mol. The lowest BCUT2D eigenvalue weighted by Gasteiger charge is -2.25. The van der Waals surface area contributed by atoms with Crippen molar-refractivity contribution in [1.82, 2.24) is 15.5 Å². The Hall–Kier alpha value is -3.35. The Morgan fingerprint density at radius 2 is 2.07 bits per heavy atom. The Morgan fingerprint density at radius 1 is 1.21 bits per heavy atom. The number of rotatable bonds is 6. The number of para-hydroxylation sites is 1. The summed E-state index contributed by atoms with van der Waals surface area (Å²) in [4.78, 5) is 16.9. The molecule has 2 heterocycles. The van der Waals surface area contributed by atoms with E-state index in [0.717, 1.165) is 16.9 Å². The maximum Gasteiger partial charge on any atom is 0.257 e. The lowest BCUT2D eigenvalue weighted by Crippen LogP contribution is -2.38. The molecule has 0 spiro atoms. The summed E-state index contributed by atoms with van der Waals surface area (Å²) < 4.78 is 16.4. The lowest BCUT2D eigenvalue weighted by molar-refractivity contribution is -0.126. The van der Waals surface area contributed by atoms with Crippen LogP contribution in [-0.2, 0) is 17.6 Å². The zero-order valence-corrected chi connectivity index (χ0v) is 15.6. The van der Waals surface area contributed by atoms with Crippen molar-refractivity contribution in [3.05, 3.63) is 59.9 Å². The first-order valence-electron chi connectivity index (χ1n) is 9.19. The molecule has 0 fully saturated rings. The third kappa shape index (κ3) is 3.83. The molecule has 1 N–H and O–H groups in total. The van der Waals surface area contributed by atoms with Crippen molar-refractivity contribution in [3.63, 3.8) is 0 Å². The van der Waals surface area contributed by atoms with Crippen LogP contribution in [0.3, 0.4) is 0 Å². The zero-order chi connectivity index (χ0) is 19.3. The largest absolute Gasteiger partial charge is 0.493 e. The first-order valence-corrected chi connectivity index (χ1v) is 9.19. The Balaban J connectivity index is 1.30. The molecule has 28 heavy (non-hydrogen) atoms. The number of hydrogen-bond donors (Lipinski definition) is 1. The van der Waals surface area contributed by atoms with Gasteiger partial charge in [-0.3, -0.25) is 4.79 Å². The number of methoxy groups -OCH3 is 1. The zero-order valence-electron chi connectivity index (χ0n) is 15.6. The minimum Gasteiger partial charge on any atom is -0.493 e. The number of aromatic nitrogens is 2. The number of ether oxygens (including phenoxy) is 2. The van der Waals surface area contributed by atoms with Crippen molar-refractivity contribution < 1.29 is 18.8 Å². The van der Waals surface area contributed by atoms with Gasteiger partial charge < -0.3 is 19.3 Å². The molecule has 1 aliphatic rings. The van der Waals surface area contributed by atoms with Crippen LogP contribution in [0.4, 0.5) is 0 Å². The summed E-state index contributed by atoms with van der Waals surface area (Å²) in [5.41, 5.74) is 1.86. The summed E-state index contributed by atoms with van der Waals surface area (Å²) in [5, 5.41) is 6.91. The van der Waals surface area contributed by atoms with Crippen LogP contribution >= 0.6 is 0 Å². The summed E-state index contributed by atoms with van der Waals surface area (Å²) >= 11 is 0. The van der Waals surface area contributed by atoms with Gasteiger partial charge in [-0.05, 0) is 30.2 Å². The van der Waals surface area contributed by atoms with Gasteiger partial charge in [-0.1, -0.05) is 35.5 Å². The van der Waals surface area contributed by atoms with Crippen molar-refractivity contribution in [2.45, 2.75) is 12.8 Å². The molecule has 0 saturated carbocycles. The molecule has 2 aromatic carbocycles. The minimum atomic E-state index is -0.232. The van der Waals surface area contributed by atoms with E-state index in [1.807, 2.05) is 48.5 Å². The smallest absolute Gasteiger partial charge is 0.257 e. The summed E-state index contributed by atoms with van der Waals surface area (Å²) in [6, 6.07) is 15.3. The molecule has 4 rings (SSSR count). The number of carbonyl (C=O) groups excluding carboxylic acids is 1. The van der Waals surface area contributed by atoms with Crippen molar-refractivity contribution in [1.29, 1.82) is 0 Å². The fourth-order valence-corrected chi connectivity index (χ4v) is 3.22. The fourth-order valence-electron chi connectivity index (χ4n) is 3.22. The molecule has 1 aromatic heterocycles. The van der Waals surface area contributed by atoms with Gasteiger partial charge in [0.15, 0.2) is 17.3 Å². The van der Waals surface area contributed by atoms with E-state index in [2.05, 4.69) is 15.5 Å². The second kappa shape index (κ2) is 8.12. The quantitative estimate of drug-likeness (QED) is 0.709. The van der Waals surface area contributed by atoms with Gasteiger partial charge in [0.25, 0.3) is 5.89 Å². The number of carbonyl (C=O) groups is 1. The van der Waals surface area contributed by atoms with Crippen LogP contribution in [0.25, 0.3) is 11.5 Å². The van der Waals surface area contributed by atoms with E-state index in [9.17, 15) is 4.79 Å². The van der Waals surface area contributed by atoms with E-state index in [-0.39, 0.29) is 11.8 Å². The Bertz CT molecular complexity index is 955. The van der Waals surface area contributed by atoms with E-state index in [1.165, 1.54) is 0 Å². The van der Waals surface area contributed by atoms with Crippen LogP contribution in [0, 0.1) is 5.92 Å². The van der Waals surface area contributed by atoms with Crippen LogP contribution in [-0.4, -0.2) is 36.3 Å². The molecule has 0 unspecified atom stereocenters. The van der Waals surface area contributed by atoms with Crippen molar-refractivity contribution in [2.24, 2.45) is 5.92 Å². The second-order valence-corrected chi connectivity index (χ2v) is 6.58. The van der Waals surface area contributed by atoms with Crippen LogP contribution in [0.5, 0.6) is 11.5 Å². The molecule has 0 aliphatic carbocycles. The average molecular weight is 379 g/mol. The van der Waals surface area contributed by atoms with E-state index in [0.29, 0.717) is 43.5 Å². The first-order chi connectivity index (χ1) is 13.7. The van der Waals surface area contributed by atoms with Crippen molar-refractivity contribution >= 4 is 5.91 Å². The molecule has 0 radical (unpaired) electrons. The highest BCUT2D eigenvalue weighted by Gasteiger charge is 2.27. The second-order valence-electron chi connectivity index (χ2n) is 6.58. The van der Waals surface area contributed by atoms with Gasteiger partial charge in [0.1, 0.15) is 6.61 Å². The molecule has 1 aliphatic heterocycles. The van der Waals surface area contributed by atoms with E-state index >= 15 is 0 Å². The predicted octanol–water partition coefficient (Wildman–Crippen LogP) is 2.66. The van der Waals surface area contributed by atoms with Gasteiger partial charge in [0.05, 0.1) is 13.0 Å². The fraction of sp³-hybridized carbons (Fsp3) is 0.286. The van der Waals surface area contributed by atoms with Gasteiger partial charge in [-0.15, -0.1) is 0 Å². The van der Waals surface area contributed by atoms with Crippen LogP contribution < -0.4 is 14.8 Å². The Labute approximate surface area is 162 Å². The molecule has 7 heteroatoms. The summed E-state index contributed by atoms with van der Waals surface area (Å²) in [6.07, 6.45) is 1.12. The monoisotopic (exact) mass is 379 g/mol. The van der Waals surface area contributed by atoms with E-state index in [1.54, 1.807) is 7.11 Å². The first kappa shape index (κ1) is 18.0. The number of amides is 1. The molecule has 1 atom stereocenters.